The van der Waals surface area contributed by atoms with Gasteiger partial charge in [-0.3, -0.25) is 9.59 Å². The molecule has 3 rings (SSSR count). The van der Waals surface area contributed by atoms with E-state index in [-0.39, 0.29) is 29.8 Å². The highest BCUT2D eigenvalue weighted by molar-refractivity contribution is 6.00. The predicted molar refractivity (Wildman–Crippen MR) is 146 cm³/mol. The molecule has 198 valence electrons. The number of hydrogen-bond acceptors (Lipinski definition) is 5. The Balaban J connectivity index is 1.92. The van der Waals surface area contributed by atoms with Crippen molar-refractivity contribution >= 4 is 17.6 Å². The van der Waals surface area contributed by atoms with E-state index in [1.54, 1.807) is 22.9 Å². The third kappa shape index (κ3) is 6.31. The number of hydrogen-bond donors (Lipinski definition) is 1. The number of anilines is 1. The molecule has 0 radical (unpaired) electrons. The molecule has 0 saturated carbocycles. The van der Waals surface area contributed by atoms with Crippen LogP contribution in [0.25, 0.3) is 5.69 Å². The first-order valence-electron chi connectivity index (χ1n) is 12.4. The van der Waals surface area contributed by atoms with Crippen LogP contribution in [-0.4, -0.2) is 53.3 Å². The zero-order chi connectivity index (χ0) is 27.5. The van der Waals surface area contributed by atoms with Gasteiger partial charge < -0.3 is 19.7 Å². The molecule has 2 amide bonds. The van der Waals surface area contributed by atoms with Crippen molar-refractivity contribution in [3.8, 4) is 17.2 Å². The molecular weight excluding hydrogens is 468 g/mol. The maximum atomic E-state index is 13.4. The number of carbonyl (C=O) groups is 2. The third-order valence-corrected chi connectivity index (χ3v) is 6.35. The average Bonchev–Trinajstić information content (AvgIpc) is 3.27. The van der Waals surface area contributed by atoms with E-state index in [1.807, 2.05) is 52.0 Å². The quantitative estimate of drug-likeness (QED) is 0.449. The zero-order valence-corrected chi connectivity index (χ0v) is 23.3. The molecule has 2 aromatic carbocycles. The summed E-state index contributed by atoms with van der Waals surface area (Å²) in [6, 6.07) is 12.7. The molecule has 3 aromatic rings. The van der Waals surface area contributed by atoms with Crippen LogP contribution in [0.15, 0.2) is 42.5 Å². The van der Waals surface area contributed by atoms with Crippen LogP contribution in [0.4, 0.5) is 5.82 Å². The third-order valence-electron chi connectivity index (χ3n) is 6.35. The van der Waals surface area contributed by atoms with E-state index < -0.39 is 0 Å². The summed E-state index contributed by atoms with van der Waals surface area (Å²) in [5.41, 5.74) is 4.12. The zero-order valence-electron chi connectivity index (χ0n) is 23.3. The Bertz CT molecular complexity index is 1270. The van der Waals surface area contributed by atoms with Gasteiger partial charge in [0.05, 0.1) is 25.6 Å². The van der Waals surface area contributed by atoms with Crippen LogP contribution in [-0.2, 0) is 10.2 Å². The van der Waals surface area contributed by atoms with Crippen molar-refractivity contribution in [2.75, 3.05) is 26.1 Å². The maximum absolute atomic E-state index is 13.4. The fourth-order valence-corrected chi connectivity index (χ4v) is 3.91. The molecule has 1 N–H and O–H groups in total. The number of nitrogens with zero attached hydrogens (tertiary/aromatic N) is 3. The molecule has 8 nitrogen and oxygen atoms in total. The summed E-state index contributed by atoms with van der Waals surface area (Å²) in [5.74, 6) is 0.957. The van der Waals surface area contributed by atoms with Gasteiger partial charge in [0.25, 0.3) is 5.91 Å². The monoisotopic (exact) mass is 506 g/mol. The highest BCUT2D eigenvalue weighted by Crippen LogP contribution is 2.28. The molecule has 1 aromatic heterocycles. The Morgan fingerprint density at radius 3 is 2.19 bits per heavy atom. The van der Waals surface area contributed by atoms with Crippen LogP contribution in [0.5, 0.6) is 11.5 Å². The van der Waals surface area contributed by atoms with Crippen LogP contribution in [0.1, 0.15) is 61.8 Å². The minimum atomic E-state index is -0.316. The lowest BCUT2D eigenvalue weighted by Crippen LogP contribution is -2.42. The molecule has 0 aliphatic heterocycles. The Morgan fingerprint density at radius 2 is 1.65 bits per heavy atom. The summed E-state index contributed by atoms with van der Waals surface area (Å²) in [4.78, 5) is 28.3. The van der Waals surface area contributed by atoms with Crippen LogP contribution >= 0.6 is 0 Å². The molecule has 0 bridgehead atoms. The molecule has 0 unspecified atom stereocenters. The van der Waals surface area contributed by atoms with Crippen molar-refractivity contribution < 1.29 is 19.1 Å². The maximum Gasteiger partial charge on any atom is 0.254 e. The summed E-state index contributed by atoms with van der Waals surface area (Å²) in [6.45, 7) is 13.9. The van der Waals surface area contributed by atoms with Gasteiger partial charge in [0.1, 0.15) is 23.9 Å². The van der Waals surface area contributed by atoms with E-state index in [1.165, 1.54) is 19.1 Å². The highest BCUT2D eigenvalue weighted by Gasteiger charge is 2.26. The summed E-state index contributed by atoms with van der Waals surface area (Å²) in [5, 5.41) is 7.84. The molecule has 8 heteroatoms. The van der Waals surface area contributed by atoms with E-state index in [9.17, 15) is 9.59 Å². The number of benzene rings is 2. The molecule has 0 fully saturated rings. The van der Waals surface area contributed by atoms with Gasteiger partial charge in [-0.2, -0.15) is 5.10 Å². The minimum Gasteiger partial charge on any atom is -0.497 e. The van der Waals surface area contributed by atoms with Gasteiger partial charge >= 0.3 is 0 Å². The first-order chi connectivity index (χ1) is 17.3. The topological polar surface area (TPSA) is 85.7 Å². The molecule has 0 spiro atoms. The summed E-state index contributed by atoms with van der Waals surface area (Å²) in [7, 11) is 3.06. The van der Waals surface area contributed by atoms with Crippen LogP contribution in [0.3, 0.4) is 0 Å². The Hall–Kier alpha value is -3.81. The average molecular weight is 507 g/mol. The molecule has 0 saturated heterocycles. The molecule has 0 aliphatic rings. The van der Waals surface area contributed by atoms with Gasteiger partial charge in [0.2, 0.25) is 5.91 Å². The SMILES string of the molecule is COc1cc(OC)cc(C(=O)N(CC(=O)Nc2cc(C(C)(C)C)nn2-c2cccc(C)c2C)C(C)C)c1. The van der Waals surface area contributed by atoms with Gasteiger partial charge in [0, 0.05) is 29.2 Å². The molecule has 0 atom stereocenters. The smallest absolute Gasteiger partial charge is 0.254 e. The molecule has 0 aliphatic carbocycles. The van der Waals surface area contributed by atoms with Crippen molar-refractivity contribution in [1.82, 2.24) is 14.7 Å². The molecular formula is C29H38N4O4. The Kier molecular flexibility index (Phi) is 8.31. The summed E-state index contributed by atoms with van der Waals surface area (Å²) >= 11 is 0. The second kappa shape index (κ2) is 11.1. The van der Waals surface area contributed by atoms with E-state index in [0.29, 0.717) is 22.9 Å². The number of nitrogens with one attached hydrogen (secondary N) is 1. The first kappa shape index (κ1) is 27.8. The van der Waals surface area contributed by atoms with Crippen molar-refractivity contribution in [2.45, 2.75) is 59.9 Å². The lowest BCUT2D eigenvalue weighted by molar-refractivity contribution is -0.117. The van der Waals surface area contributed by atoms with Crippen LogP contribution in [0, 0.1) is 13.8 Å². The number of aromatic nitrogens is 2. The second-order valence-electron chi connectivity index (χ2n) is 10.5. The van der Waals surface area contributed by atoms with Crippen molar-refractivity contribution in [3.63, 3.8) is 0 Å². The standard InChI is InChI=1S/C29H38N4O4/c1-18(2)32(28(35)21-13-22(36-8)15-23(14-21)37-9)17-27(34)30-26-16-25(29(5,6)7)31-33(26)24-12-10-11-19(3)20(24)4/h10-16,18H,17H2,1-9H3,(H,30,34). The largest absolute Gasteiger partial charge is 0.497 e. The highest BCUT2D eigenvalue weighted by atomic mass is 16.5. The summed E-state index contributed by atoms with van der Waals surface area (Å²) < 4.78 is 12.4. The number of rotatable bonds is 8. The number of amides is 2. The second-order valence-corrected chi connectivity index (χ2v) is 10.5. The van der Waals surface area contributed by atoms with Crippen molar-refractivity contribution in [3.05, 3.63) is 64.8 Å². The summed E-state index contributed by atoms with van der Waals surface area (Å²) in [6.07, 6.45) is 0. The van der Waals surface area contributed by atoms with Gasteiger partial charge in [-0.05, 0) is 57.0 Å². The lowest BCUT2D eigenvalue weighted by Gasteiger charge is -2.26. The van der Waals surface area contributed by atoms with Gasteiger partial charge in [-0.25, -0.2) is 4.68 Å². The number of carbonyl (C=O) groups excluding carboxylic acids is 2. The molecule has 1 heterocycles. The Morgan fingerprint density at radius 1 is 1.03 bits per heavy atom. The lowest BCUT2D eigenvalue weighted by atomic mass is 9.92. The fraction of sp³-hybridized carbons (Fsp3) is 0.414. The fourth-order valence-electron chi connectivity index (χ4n) is 3.91. The van der Waals surface area contributed by atoms with E-state index >= 15 is 0 Å². The normalized spacial score (nSPS) is 11.4. The van der Waals surface area contributed by atoms with Gasteiger partial charge in [0.15, 0.2) is 0 Å². The predicted octanol–water partition coefficient (Wildman–Crippen LogP) is 5.29. The number of ether oxygens (including phenoxy) is 2. The minimum absolute atomic E-state index is 0.126. The number of methoxy groups -OCH3 is 2. The van der Waals surface area contributed by atoms with E-state index in [0.717, 1.165) is 22.5 Å². The van der Waals surface area contributed by atoms with E-state index in [2.05, 4.69) is 26.1 Å². The Labute approximate surface area is 219 Å². The number of aryl methyl sites for hydroxylation is 1. The van der Waals surface area contributed by atoms with Crippen LogP contribution in [0.2, 0.25) is 0 Å². The van der Waals surface area contributed by atoms with Gasteiger partial charge in [-0.15, -0.1) is 0 Å². The van der Waals surface area contributed by atoms with Crippen molar-refractivity contribution in [1.29, 1.82) is 0 Å². The molecule has 37 heavy (non-hydrogen) atoms. The van der Waals surface area contributed by atoms with E-state index in [4.69, 9.17) is 14.6 Å². The van der Waals surface area contributed by atoms with Gasteiger partial charge in [-0.1, -0.05) is 32.9 Å². The first-order valence-corrected chi connectivity index (χ1v) is 12.4. The van der Waals surface area contributed by atoms with Crippen LogP contribution < -0.4 is 14.8 Å². The van der Waals surface area contributed by atoms with Crippen molar-refractivity contribution in [2.24, 2.45) is 0 Å².